The lowest BCUT2D eigenvalue weighted by Crippen LogP contribution is -2.03. The van der Waals surface area contributed by atoms with Crippen LogP contribution in [0.5, 0.6) is 0 Å². The van der Waals surface area contributed by atoms with Crippen molar-refractivity contribution in [2.75, 3.05) is 5.32 Å². The van der Waals surface area contributed by atoms with Crippen molar-refractivity contribution < 1.29 is 4.39 Å². The van der Waals surface area contributed by atoms with E-state index < -0.39 is 0 Å². The van der Waals surface area contributed by atoms with Crippen LogP contribution >= 0.6 is 11.6 Å². The van der Waals surface area contributed by atoms with Crippen LogP contribution in [0.3, 0.4) is 0 Å². The van der Waals surface area contributed by atoms with Crippen molar-refractivity contribution in [1.82, 2.24) is 9.78 Å². The van der Waals surface area contributed by atoms with Gasteiger partial charge < -0.3 is 5.32 Å². The van der Waals surface area contributed by atoms with E-state index in [9.17, 15) is 4.39 Å². The summed E-state index contributed by atoms with van der Waals surface area (Å²) >= 11 is 6.06. The molecule has 0 radical (unpaired) electrons. The van der Waals surface area contributed by atoms with Crippen molar-refractivity contribution in [2.45, 2.75) is 20.0 Å². The highest BCUT2D eigenvalue weighted by molar-refractivity contribution is 6.33. The molecule has 0 aliphatic rings. The third kappa shape index (κ3) is 2.72. The summed E-state index contributed by atoms with van der Waals surface area (Å²) < 4.78 is 15.2. The Balaban J connectivity index is 1.90. The molecule has 0 unspecified atom stereocenters. The Hall–Kier alpha value is -2.07. The summed E-state index contributed by atoms with van der Waals surface area (Å²) in [5, 5.41) is 9.34. The molecule has 0 saturated carbocycles. The van der Waals surface area contributed by atoms with Gasteiger partial charge in [0.15, 0.2) is 0 Å². The summed E-state index contributed by atoms with van der Waals surface area (Å²) in [6.45, 7) is 3.36. The molecule has 1 heterocycles. The largest absolute Gasteiger partial charge is 0.378 e. The van der Waals surface area contributed by atoms with Crippen molar-refractivity contribution in [2.24, 2.45) is 0 Å². The molecule has 1 N–H and O–H groups in total. The van der Waals surface area contributed by atoms with E-state index in [0.717, 1.165) is 23.1 Å². The summed E-state index contributed by atoms with van der Waals surface area (Å²) in [7, 11) is 0. The van der Waals surface area contributed by atoms with Gasteiger partial charge in [0.25, 0.3) is 0 Å². The summed E-state index contributed by atoms with van der Waals surface area (Å²) in [4.78, 5) is 0. The molecule has 108 valence electrons. The van der Waals surface area contributed by atoms with Crippen LogP contribution in [0.2, 0.25) is 5.02 Å². The first-order chi connectivity index (χ1) is 10.2. The first kappa shape index (κ1) is 13.9. The Morgan fingerprint density at radius 1 is 1.24 bits per heavy atom. The van der Waals surface area contributed by atoms with Crippen LogP contribution in [0.15, 0.2) is 42.5 Å². The van der Waals surface area contributed by atoms with E-state index in [2.05, 4.69) is 17.3 Å². The first-order valence-corrected chi connectivity index (χ1v) is 7.20. The number of rotatable bonds is 4. The Kier molecular flexibility index (Phi) is 3.80. The summed E-state index contributed by atoms with van der Waals surface area (Å²) in [5.41, 5.74) is 2.60. The van der Waals surface area contributed by atoms with Crippen LogP contribution in [-0.2, 0) is 13.1 Å². The van der Waals surface area contributed by atoms with Crippen LogP contribution in [0.1, 0.15) is 12.6 Å². The Morgan fingerprint density at radius 2 is 2.05 bits per heavy atom. The molecular formula is C16H15ClFN3. The fourth-order valence-electron chi connectivity index (χ4n) is 2.38. The molecule has 0 bridgehead atoms. The summed E-state index contributed by atoms with van der Waals surface area (Å²) in [6.07, 6.45) is 0. The van der Waals surface area contributed by atoms with E-state index >= 15 is 0 Å². The van der Waals surface area contributed by atoms with E-state index in [0.29, 0.717) is 17.3 Å². The van der Waals surface area contributed by atoms with Crippen molar-refractivity contribution in [3.05, 3.63) is 59.0 Å². The van der Waals surface area contributed by atoms with Crippen molar-refractivity contribution in [3.8, 4) is 0 Å². The third-order valence-electron chi connectivity index (χ3n) is 3.41. The average molecular weight is 304 g/mol. The minimum atomic E-state index is -0.314. The molecule has 0 aliphatic carbocycles. The fourth-order valence-corrected chi connectivity index (χ4v) is 2.56. The molecular weight excluding hydrogens is 289 g/mol. The number of hydrogen-bond acceptors (Lipinski definition) is 2. The lowest BCUT2D eigenvalue weighted by Gasteiger charge is -2.07. The second-order valence-electron chi connectivity index (χ2n) is 4.76. The standard InChI is InChI=1S/C16H15ClFN3/c1-2-21-16-6-4-3-5-12(16)15(20-21)10-19-14-9-11(18)7-8-13(14)17/h3-9,19H,2,10H2,1H3. The maximum absolute atomic E-state index is 13.3. The minimum absolute atomic E-state index is 0.314. The fraction of sp³-hybridized carbons (Fsp3) is 0.188. The Bertz CT molecular complexity index is 782. The number of fused-ring (bicyclic) bond motifs is 1. The van der Waals surface area contributed by atoms with Gasteiger partial charge in [0.05, 0.1) is 28.5 Å². The normalized spacial score (nSPS) is 11.0. The van der Waals surface area contributed by atoms with Gasteiger partial charge in [-0.05, 0) is 31.2 Å². The number of halogens is 2. The molecule has 0 fully saturated rings. The SMILES string of the molecule is CCn1nc(CNc2cc(F)ccc2Cl)c2ccccc21. The number of nitrogens with one attached hydrogen (secondary N) is 1. The van der Waals surface area contributed by atoms with Gasteiger partial charge in [0.1, 0.15) is 5.82 Å². The molecule has 3 nitrogen and oxygen atoms in total. The number of para-hydroxylation sites is 1. The zero-order valence-electron chi connectivity index (χ0n) is 11.6. The Morgan fingerprint density at radius 3 is 2.86 bits per heavy atom. The predicted octanol–water partition coefficient (Wildman–Crippen LogP) is 4.46. The second-order valence-corrected chi connectivity index (χ2v) is 5.16. The number of aryl methyl sites for hydroxylation is 1. The zero-order chi connectivity index (χ0) is 14.8. The number of benzene rings is 2. The second kappa shape index (κ2) is 5.74. The van der Waals surface area contributed by atoms with Crippen LogP contribution in [0.25, 0.3) is 10.9 Å². The lowest BCUT2D eigenvalue weighted by atomic mass is 10.2. The number of nitrogens with zero attached hydrogens (tertiary/aromatic N) is 2. The first-order valence-electron chi connectivity index (χ1n) is 6.82. The van der Waals surface area contributed by atoms with Gasteiger partial charge in [0, 0.05) is 11.9 Å². The smallest absolute Gasteiger partial charge is 0.125 e. The monoisotopic (exact) mass is 303 g/mol. The van der Waals surface area contributed by atoms with Gasteiger partial charge in [-0.2, -0.15) is 5.10 Å². The van der Waals surface area contributed by atoms with Crippen LogP contribution in [-0.4, -0.2) is 9.78 Å². The van der Waals surface area contributed by atoms with Crippen LogP contribution < -0.4 is 5.32 Å². The number of anilines is 1. The molecule has 0 aliphatic heterocycles. The van der Waals surface area contributed by atoms with Crippen molar-refractivity contribution >= 4 is 28.2 Å². The summed E-state index contributed by atoms with van der Waals surface area (Å²) in [6, 6.07) is 12.3. The molecule has 3 rings (SSSR count). The van der Waals surface area contributed by atoms with E-state index in [1.165, 1.54) is 12.1 Å². The van der Waals surface area contributed by atoms with Gasteiger partial charge in [-0.25, -0.2) is 4.39 Å². The highest BCUT2D eigenvalue weighted by Gasteiger charge is 2.09. The van der Waals surface area contributed by atoms with E-state index in [1.54, 1.807) is 6.07 Å². The highest BCUT2D eigenvalue weighted by Crippen LogP contribution is 2.24. The molecule has 3 aromatic rings. The zero-order valence-corrected chi connectivity index (χ0v) is 12.4. The molecule has 0 saturated heterocycles. The molecule has 2 aromatic carbocycles. The van der Waals surface area contributed by atoms with E-state index in [4.69, 9.17) is 11.6 Å². The average Bonchev–Trinajstić information content (AvgIpc) is 2.86. The van der Waals surface area contributed by atoms with Crippen LogP contribution in [0, 0.1) is 5.82 Å². The van der Waals surface area contributed by atoms with Crippen LogP contribution in [0.4, 0.5) is 10.1 Å². The highest BCUT2D eigenvalue weighted by atomic mass is 35.5. The van der Waals surface area contributed by atoms with Gasteiger partial charge in [0.2, 0.25) is 0 Å². The maximum Gasteiger partial charge on any atom is 0.125 e. The minimum Gasteiger partial charge on any atom is -0.378 e. The molecule has 0 spiro atoms. The lowest BCUT2D eigenvalue weighted by molar-refractivity contribution is 0.628. The van der Waals surface area contributed by atoms with Gasteiger partial charge in [-0.1, -0.05) is 29.8 Å². The van der Waals surface area contributed by atoms with Gasteiger partial charge in [-0.3, -0.25) is 4.68 Å². The maximum atomic E-state index is 13.3. The van der Waals surface area contributed by atoms with Gasteiger partial charge in [-0.15, -0.1) is 0 Å². The Labute approximate surface area is 127 Å². The number of aromatic nitrogens is 2. The third-order valence-corrected chi connectivity index (χ3v) is 3.74. The summed E-state index contributed by atoms with van der Waals surface area (Å²) in [5.74, 6) is -0.314. The van der Waals surface area contributed by atoms with E-state index in [-0.39, 0.29) is 5.82 Å². The van der Waals surface area contributed by atoms with Gasteiger partial charge >= 0.3 is 0 Å². The molecule has 0 atom stereocenters. The molecule has 5 heteroatoms. The molecule has 0 amide bonds. The topological polar surface area (TPSA) is 29.9 Å². The quantitative estimate of drug-likeness (QED) is 0.771. The van der Waals surface area contributed by atoms with E-state index in [1.807, 2.05) is 28.9 Å². The van der Waals surface area contributed by atoms with Crippen molar-refractivity contribution in [1.29, 1.82) is 0 Å². The number of hydrogen-bond donors (Lipinski definition) is 1. The van der Waals surface area contributed by atoms with Crippen molar-refractivity contribution in [3.63, 3.8) is 0 Å². The molecule has 21 heavy (non-hydrogen) atoms. The predicted molar refractivity (Wildman–Crippen MR) is 84.1 cm³/mol. The molecule has 1 aromatic heterocycles.